The molecule has 1 saturated heterocycles. The van der Waals surface area contributed by atoms with Crippen LogP contribution < -0.4 is 5.32 Å². The van der Waals surface area contributed by atoms with Crippen LogP contribution in [0.5, 0.6) is 0 Å². The zero-order valence-corrected chi connectivity index (χ0v) is 15.9. The third kappa shape index (κ3) is 5.44. The molecule has 29 heavy (non-hydrogen) atoms. The molecule has 9 heteroatoms. The van der Waals surface area contributed by atoms with Crippen molar-refractivity contribution in [2.24, 2.45) is 0 Å². The van der Waals surface area contributed by atoms with Crippen LogP contribution in [0.2, 0.25) is 0 Å². The quantitative estimate of drug-likeness (QED) is 0.748. The Labute approximate surface area is 166 Å². The second-order valence-electron chi connectivity index (χ2n) is 7.13. The first-order valence-corrected chi connectivity index (χ1v) is 9.35. The smallest absolute Gasteiger partial charge is 0.416 e. The minimum atomic E-state index is -4.34. The Bertz CT molecular complexity index is 856. The van der Waals surface area contributed by atoms with Gasteiger partial charge in [0.15, 0.2) is 5.69 Å². The third-order valence-corrected chi connectivity index (χ3v) is 5.01. The predicted octanol–water partition coefficient (Wildman–Crippen LogP) is 4.09. The zero-order chi connectivity index (χ0) is 21.0. The topological polar surface area (TPSA) is 84.3 Å². The van der Waals surface area contributed by atoms with Gasteiger partial charge in [0, 0.05) is 12.1 Å². The van der Waals surface area contributed by atoms with Crippen LogP contribution in [-0.4, -0.2) is 40.0 Å². The highest BCUT2D eigenvalue weighted by Crippen LogP contribution is 2.30. The van der Waals surface area contributed by atoms with Crippen LogP contribution in [0.4, 0.5) is 18.9 Å². The lowest BCUT2D eigenvalue weighted by Gasteiger charge is -2.31. The van der Waals surface area contributed by atoms with Crippen LogP contribution in [-0.2, 0) is 17.3 Å². The number of ether oxygens (including phenoxy) is 1. The lowest BCUT2D eigenvalue weighted by Crippen LogP contribution is -2.34. The molecule has 2 atom stereocenters. The van der Waals surface area contributed by atoms with E-state index in [9.17, 15) is 18.0 Å². The van der Waals surface area contributed by atoms with Crippen molar-refractivity contribution in [2.45, 2.75) is 51.0 Å². The summed E-state index contributed by atoms with van der Waals surface area (Å²) < 4.78 is 44.1. The van der Waals surface area contributed by atoms with Crippen molar-refractivity contribution >= 4 is 11.7 Å². The van der Waals surface area contributed by atoms with Gasteiger partial charge in [0.2, 0.25) is 0 Å². The lowest BCUT2D eigenvalue weighted by atomic mass is 9.97. The minimum absolute atomic E-state index is 0.0708. The Hall–Kier alpha value is -2.68. The van der Waals surface area contributed by atoms with Crippen molar-refractivity contribution in [1.29, 1.82) is 0 Å². The molecule has 1 aromatic carbocycles. The van der Waals surface area contributed by atoms with E-state index in [0.717, 1.165) is 37.0 Å². The molecule has 0 saturated carbocycles. The summed E-state index contributed by atoms with van der Waals surface area (Å²) in [6.07, 6.45) is 0.180. The highest BCUT2D eigenvalue weighted by Gasteiger charge is 2.30. The Morgan fingerprint density at radius 3 is 2.59 bits per heavy atom. The number of carboxylic acid groups (broad SMARTS) is 1. The van der Waals surface area contributed by atoms with E-state index in [1.54, 1.807) is 6.92 Å². The van der Waals surface area contributed by atoms with Crippen molar-refractivity contribution in [1.82, 2.24) is 10.2 Å². The molecule has 1 fully saturated rings. The van der Waals surface area contributed by atoms with Crippen LogP contribution >= 0.6 is 0 Å². The molecule has 0 amide bonds. The lowest BCUT2D eigenvalue weighted by molar-refractivity contribution is -0.137. The number of halogens is 3. The van der Waals surface area contributed by atoms with Crippen molar-refractivity contribution < 1.29 is 27.8 Å². The molecule has 1 aromatic heterocycles. The fourth-order valence-electron chi connectivity index (χ4n) is 3.42. The minimum Gasteiger partial charge on any atom is -0.476 e. The van der Waals surface area contributed by atoms with Gasteiger partial charge in [0.05, 0.1) is 29.7 Å². The number of anilines is 1. The molecule has 2 unspecified atom stereocenters. The predicted molar refractivity (Wildman–Crippen MR) is 99.9 cm³/mol. The first-order valence-electron chi connectivity index (χ1n) is 9.35. The number of nitrogens with one attached hydrogen (secondary N) is 1. The van der Waals surface area contributed by atoms with E-state index >= 15 is 0 Å². The summed E-state index contributed by atoms with van der Waals surface area (Å²) in [7, 11) is 0. The molecule has 0 bridgehead atoms. The Kier molecular flexibility index (Phi) is 6.36. The maximum absolute atomic E-state index is 12.7. The third-order valence-electron chi connectivity index (χ3n) is 5.01. The number of hydrogen-bond acceptors (Lipinski definition) is 5. The van der Waals surface area contributed by atoms with Gasteiger partial charge in [-0.25, -0.2) is 4.79 Å². The van der Waals surface area contributed by atoms with E-state index in [1.807, 2.05) is 0 Å². The van der Waals surface area contributed by atoms with E-state index in [1.165, 1.54) is 18.3 Å². The SMILES string of the molecule is Cc1c(NCC2CCCC(Cc3ccc(C(F)(F)F)cc3)O2)cnnc1C(=O)O. The number of rotatable bonds is 6. The maximum atomic E-state index is 12.7. The number of carboxylic acids is 1. The summed E-state index contributed by atoms with van der Waals surface area (Å²) in [6, 6.07) is 5.17. The van der Waals surface area contributed by atoms with Crippen LogP contribution in [0, 0.1) is 6.92 Å². The van der Waals surface area contributed by atoms with Gasteiger partial charge in [-0.3, -0.25) is 0 Å². The number of nitrogens with zero attached hydrogens (tertiary/aromatic N) is 2. The van der Waals surface area contributed by atoms with Gasteiger partial charge in [0.1, 0.15) is 0 Å². The second kappa shape index (κ2) is 8.77. The number of benzene rings is 1. The van der Waals surface area contributed by atoms with Crippen molar-refractivity contribution in [2.75, 3.05) is 11.9 Å². The Morgan fingerprint density at radius 1 is 1.24 bits per heavy atom. The van der Waals surface area contributed by atoms with Crippen LogP contribution in [0.25, 0.3) is 0 Å². The first kappa shape index (κ1) is 21.0. The molecule has 3 rings (SSSR count). The molecular formula is C20H22F3N3O3. The van der Waals surface area contributed by atoms with Crippen molar-refractivity contribution in [3.63, 3.8) is 0 Å². The fraction of sp³-hybridized carbons (Fsp3) is 0.450. The monoisotopic (exact) mass is 409 g/mol. The number of aromatic carboxylic acids is 1. The average Bonchev–Trinajstić information content (AvgIpc) is 2.67. The van der Waals surface area contributed by atoms with Crippen LogP contribution in [0.1, 0.15) is 46.4 Å². The molecule has 2 N–H and O–H groups in total. The summed E-state index contributed by atoms with van der Waals surface area (Å²) >= 11 is 0. The standard InChI is InChI=1S/C20H22F3N3O3/c1-12-17(11-25-26-18(12)19(27)28)24-10-16-4-2-3-15(29-16)9-13-5-7-14(8-6-13)20(21,22)23/h5-8,11,15-16H,2-4,9-10H2,1H3,(H,24,26)(H,27,28). The molecule has 1 aliphatic rings. The van der Waals surface area contributed by atoms with Crippen molar-refractivity contribution in [3.05, 3.63) is 52.8 Å². The number of alkyl halides is 3. The summed E-state index contributed by atoms with van der Waals surface area (Å²) in [5.41, 5.74) is 1.14. The molecule has 0 spiro atoms. The average molecular weight is 409 g/mol. The summed E-state index contributed by atoms with van der Waals surface area (Å²) in [4.78, 5) is 11.2. The fourth-order valence-corrected chi connectivity index (χ4v) is 3.42. The second-order valence-corrected chi connectivity index (χ2v) is 7.13. The van der Waals surface area contributed by atoms with E-state index in [4.69, 9.17) is 9.84 Å². The first-order chi connectivity index (χ1) is 13.7. The zero-order valence-electron chi connectivity index (χ0n) is 15.9. The molecule has 1 aliphatic heterocycles. The number of carbonyl (C=O) groups is 1. The van der Waals surface area contributed by atoms with E-state index in [0.29, 0.717) is 24.2 Å². The van der Waals surface area contributed by atoms with Crippen LogP contribution in [0.15, 0.2) is 30.5 Å². The summed E-state index contributed by atoms with van der Waals surface area (Å²) in [6.45, 7) is 2.14. The van der Waals surface area contributed by atoms with Crippen LogP contribution in [0.3, 0.4) is 0 Å². The normalized spacial score (nSPS) is 19.7. The van der Waals surface area contributed by atoms with Gasteiger partial charge in [-0.2, -0.15) is 18.3 Å². The highest BCUT2D eigenvalue weighted by molar-refractivity contribution is 5.88. The Balaban J connectivity index is 1.56. The van der Waals surface area contributed by atoms with Crippen molar-refractivity contribution in [3.8, 4) is 0 Å². The van der Waals surface area contributed by atoms with Gasteiger partial charge >= 0.3 is 12.1 Å². The number of hydrogen-bond donors (Lipinski definition) is 2. The van der Waals surface area contributed by atoms with Gasteiger partial charge in [0.25, 0.3) is 0 Å². The summed E-state index contributed by atoms with van der Waals surface area (Å²) in [5.74, 6) is -1.14. The molecule has 0 aliphatic carbocycles. The highest BCUT2D eigenvalue weighted by atomic mass is 19.4. The molecule has 0 radical (unpaired) electrons. The summed E-state index contributed by atoms with van der Waals surface area (Å²) in [5, 5.41) is 19.6. The number of aromatic nitrogens is 2. The van der Waals surface area contributed by atoms with Gasteiger partial charge < -0.3 is 15.2 Å². The Morgan fingerprint density at radius 2 is 1.93 bits per heavy atom. The van der Waals surface area contributed by atoms with Gasteiger partial charge in [-0.05, 0) is 50.3 Å². The molecule has 2 aromatic rings. The van der Waals surface area contributed by atoms with E-state index < -0.39 is 17.7 Å². The molecule has 2 heterocycles. The van der Waals surface area contributed by atoms with E-state index in [2.05, 4.69) is 15.5 Å². The van der Waals surface area contributed by atoms with E-state index in [-0.39, 0.29) is 17.9 Å². The van der Waals surface area contributed by atoms with Gasteiger partial charge in [-0.1, -0.05) is 12.1 Å². The molecule has 6 nitrogen and oxygen atoms in total. The molecular weight excluding hydrogens is 387 g/mol. The maximum Gasteiger partial charge on any atom is 0.416 e. The molecule has 156 valence electrons. The largest absolute Gasteiger partial charge is 0.476 e. The van der Waals surface area contributed by atoms with Gasteiger partial charge in [-0.15, -0.1) is 5.10 Å².